The average molecular weight is 625 g/mol. The van der Waals surface area contributed by atoms with E-state index in [0.29, 0.717) is 0 Å². The first kappa shape index (κ1) is 27.2. The van der Waals surface area contributed by atoms with E-state index in [1.54, 1.807) is 0 Å². The highest BCUT2D eigenvalue weighted by Gasteiger charge is 2.48. The fraction of sp³-hybridized carbons (Fsp3) is 0.0870. The quantitative estimate of drug-likeness (QED) is 0.174. The smallest absolute Gasteiger partial charge is 0.333 e. The van der Waals surface area contributed by atoms with Crippen LogP contribution in [0.1, 0.15) is 30.5 Å². The first-order valence-corrected chi connectivity index (χ1v) is 17.4. The predicted molar refractivity (Wildman–Crippen MR) is 208 cm³/mol. The molecular formula is C46H33BN2. The molecule has 0 saturated carbocycles. The zero-order chi connectivity index (χ0) is 32.6. The average Bonchev–Trinajstić information content (AvgIpc) is 3.61. The van der Waals surface area contributed by atoms with E-state index in [1.807, 2.05) is 0 Å². The molecule has 0 amide bonds. The number of rotatable bonds is 2. The standard InChI is InChI=1S/C46H33BN2/c1-28-15-7-8-18-30(28)35-27-36-33-26-25-32-31-19-9-11-21-37(31)46(2,3)42(32)44(33)49(29-16-5-4-6-17-29)47-38-22-12-14-24-40(38)48-39-23-13-10-20-34(39)41(35)45(48)43(36)47/h4-27H,1-3H3. The molecule has 3 aliphatic rings. The molecule has 8 aromatic rings. The highest BCUT2D eigenvalue weighted by atomic mass is 15.1. The summed E-state index contributed by atoms with van der Waals surface area (Å²) in [7, 11) is 0. The zero-order valence-electron chi connectivity index (χ0n) is 27.8. The van der Waals surface area contributed by atoms with E-state index in [1.165, 1.54) is 99.9 Å². The van der Waals surface area contributed by atoms with E-state index in [4.69, 9.17) is 0 Å². The Morgan fingerprint density at radius 3 is 2.12 bits per heavy atom. The molecule has 3 heteroatoms. The van der Waals surface area contributed by atoms with Crippen LogP contribution in [0.25, 0.3) is 60.9 Å². The third-order valence-corrected chi connectivity index (χ3v) is 11.7. The van der Waals surface area contributed by atoms with Crippen LogP contribution in [0.15, 0.2) is 146 Å². The van der Waals surface area contributed by atoms with Gasteiger partial charge in [-0.3, -0.25) is 0 Å². The van der Waals surface area contributed by atoms with Crippen LogP contribution in [0.4, 0.5) is 11.4 Å². The number of anilines is 2. The Labute approximate surface area is 287 Å². The zero-order valence-corrected chi connectivity index (χ0v) is 27.8. The summed E-state index contributed by atoms with van der Waals surface area (Å²) in [5.41, 5.74) is 21.0. The Morgan fingerprint density at radius 1 is 0.571 bits per heavy atom. The van der Waals surface area contributed by atoms with Crippen LogP contribution in [-0.2, 0) is 5.41 Å². The Balaban J connectivity index is 1.39. The van der Waals surface area contributed by atoms with Crippen molar-refractivity contribution in [1.29, 1.82) is 0 Å². The van der Waals surface area contributed by atoms with E-state index in [0.717, 1.165) is 0 Å². The van der Waals surface area contributed by atoms with Crippen LogP contribution >= 0.6 is 0 Å². The molecule has 0 bridgehead atoms. The maximum Gasteiger partial charge on any atom is 0.333 e. The van der Waals surface area contributed by atoms with E-state index in [-0.39, 0.29) is 12.3 Å². The third-order valence-electron chi connectivity index (χ3n) is 11.7. The van der Waals surface area contributed by atoms with Crippen LogP contribution in [0.2, 0.25) is 0 Å². The summed E-state index contributed by atoms with van der Waals surface area (Å²) in [6.45, 7) is 7.09. The van der Waals surface area contributed by atoms with Crippen molar-refractivity contribution in [2.75, 3.05) is 4.81 Å². The van der Waals surface area contributed by atoms with Crippen molar-refractivity contribution in [2.45, 2.75) is 26.2 Å². The minimum atomic E-state index is -0.173. The van der Waals surface area contributed by atoms with Gasteiger partial charge in [-0.05, 0) is 92.7 Å². The maximum atomic E-state index is 2.69. The summed E-state index contributed by atoms with van der Waals surface area (Å²) in [6, 6.07) is 54.6. The molecule has 11 rings (SSSR count). The summed E-state index contributed by atoms with van der Waals surface area (Å²) >= 11 is 0. The van der Waals surface area contributed by atoms with Gasteiger partial charge in [-0.15, -0.1) is 0 Å². The van der Waals surface area contributed by atoms with Gasteiger partial charge in [0.15, 0.2) is 0 Å². The van der Waals surface area contributed by atoms with Crippen molar-refractivity contribution in [2.24, 2.45) is 0 Å². The second kappa shape index (κ2) is 9.42. The molecule has 3 heterocycles. The summed E-state index contributed by atoms with van der Waals surface area (Å²) < 4.78 is 2.57. The fourth-order valence-electron chi connectivity index (χ4n) is 9.68. The Bertz CT molecular complexity index is 2720. The van der Waals surface area contributed by atoms with Crippen LogP contribution < -0.4 is 15.7 Å². The minimum Gasteiger partial charge on any atom is -0.376 e. The molecule has 0 fully saturated rings. The van der Waals surface area contributed by atoms with Gasteiger partial charge in [0.1, 0.15) is 0 Å². The Hall–Kier alpha value is -5.80. The molecule has 7 aromatic carbocycles. The highest BCUT2D eigenvalue weighted by molar-refractivity contribution is 6.93. The molecule has 49 heavy (non-hydrogen) atoms. The molecular weight excluding hydrogens is 591 g/mol. The first-order chi connectivity index (χ1) is 24.0. The van der Waals surface area contributed by atoms with Crippen molar-refractivity contribution in [3.8, 4) is 39.1 Å². The summed E-state index contributed by atoms with van der Waals surface area (Å²) in [4.78, 5) is 2.69. The number of aryl methyl sites for hydroxylation is 1. The fourth-order valence-corrected chi connectivity index (χ4v) is 9.68. The molecule has 2 aliphatic heterocycles. The SMILES string of the molecule is Cc1ccccc1-c1cc2c3c4c1c1ccccc1n4-c1ccccc1B3N(c1ccccc1)c1c-2ccc2c1C(C)(C)c1ccccc1-2. The lowest BCUT2D eigenvalue weighted by Crippen LogP contribution is -2.61. The van der Waals surface area contributed by atoms with E-state index in [2.05, 4.69) is 176 Å². The number of benzene rings is 7. The van der Waals surface area contributed by atoms with Gasteiger partial charge in [0.2, 0.25) is 0 Å². The normalized spacial score (nSPS) is 14.5. The van der Waals surface area contributed by atoms with Crippen LogP contribution in [0, 0.1) is 6.92 Å². The van der Waals surface area contributed by atoms with Gasteiger partial charge < -0.3 is 9.38 Å². The lowest BCUT2D eigenvalue weighted by Gasteiger charge is -2.44. The molecule has 0 spiro atoms. The van der Waals surface area contributed by atoms with Gasteiger partial charge in [-0.2, -0.15) is 0 Å². The van der Waals surface area contributed by atoms with Gasteiger partial charge in [0.25, 0.3) is 0 Å². The first-order valence-electron chi connectivity index (χ1n) is 17.4. The van der Waals surface area contributed by atoms with Crippen molar-refractivity contribution >= 4 is 51.0 Å². The minimum absolute atomic E-state index is 0.00246. The van der Waals surface area contributed by atoms with Gasteiger partial charge in [0, 0.05) is 38.8 Å². The summed E-state index contributed by atoms with van der Waals surface area (Å²) in [5, 5.41) is 2.64. The van der Waals surface area contributed by atoms with E-state index in [9.17, 15) is 0 Å². The summed E-state index contributed by atoms with van der Waals surface area (Å²) in [6.07, 6.45) is 0. The molecule has 1 aromatic heterocycles. The highest BCUT2D eigenvalue weighted by Crippen LogP contribution is 2.58. The van der Waals surface area contributed by atoms with E-state index >= 15 is 0 Å². The Kier molecular flexibility index (Phi) is 5.23. The van der Waals surface area contributed by atoms with Gasteiger partial charge in [-0.1, -0.05) is 129 Å². The largest absolute Gasteiger partial charge is 0.376 e. The van der Waals surface area contributed by atoms with Crippen molar-refractivity contribution in [3.05, 3.63) is 162 Å². The van der Waals surface area contributed by atoms with Crippen molar-refractivity contribution < 1.29 is 0 Å². The predicted octanol–water partition coefficient (Wildman–Crippen LogP) is 10.3. The second-order valence-corrected chi connectivity index (χ2v) is 14.5. The van der Waals surface area contributed by atoms with Crippen molar-refractivity contribution in [1.82, 2.24) is 4.57 Å². The van der Waals surface area contributed by atoms with Gasteiger partial charge in [-0.25, -0.2) is 0 Å². The maximum absolute atomic E-state index is 2.69. The molecule has 1 aliphatic carbocycles. The number of hydrogen-bond acceptors (Lipinski definition) is 1. The number of aromatic nitrogens is 1. The molecule has 2 nitrogen and oxygen atoms in total. The van der Waals surface area contributed by atoms with Crippen molar-refractivity contribution in [3.63, 3.8) is 0 Å². The second-order valence-electron chi connectivity index (χ2n) is 14.5. The molecule has 0 unspecified atom stereocenters. The topological polar surface area (TPSA) is 8.17 Å². The van der Waals surface area contributed by atoms with Crippen LogP contribution in [0.3, 0.4) is 0 Å². The van der Waals surface area contributed by atoms with Crippen LogP contribution in [-0.4, -0.2) is 11.4 Å². The third kappa shape index (κ3) is 3.33. The number of para-hydroxylation sites is 3. The molecule has 0 radical (unpaired) electrons. The Morgan fingerprint density at radius 2 is 1.27 bits per heavy atom. The molecule has 230 valence electrons. The van der Waals surface area contributed by atoms with Crippen LogP contribution in [0.5, 0.6) is 0 Å². The number of nitrogens with zero attached hydrogens (tertiary/aromatic N) is 2. The number of hydrogen-bond donors (Lipinski definition) is 0. The molecule has 0 N–H and O–H groups in total. The lowest BCUT2D eigenvalue weighted by atomic mass is 9.43. The molecule has 0 atom stereocenters. The van der Waals surface area contributed by atoms with E-state index < -0.39 is 0 Å². The summed E-state index contributed by atoms with van der Waals surface area (Å²) in [5.74, 6) is 0. The van der Waals surface area contributed by atoms with Gasteiger partial charge >= 0.3 is 6.85 Å². The molecule has 0 saturated heterocycles. The lowest BCUT2D eigenvalue weighted by molar-refractivity contribution is 0.661. The number of fused-ring (bicyclic) bond motifs is 12. The van der Waals surface area contributed by atoms with Gasteiger partial charge in [0.05, 0.1) is 11.0 Å². The monoisotopic (exact) mass is 624 g/mol.